The first kappa shape index (κ1) is 18.3. The van der Waals surface area contributed by atoms with Crippen LogP contribution in [-0.4, -0.2) is 60.2 Å². The molecule has 1 aliphatic heterocycles. The molecule has 2 N–H and O–H groups in total. The number of carbonyl (C=O) groups is 1. The minimum absolute atomic E-state index is 0.185. The first-order valence-corrected chi connectivity index (χ1v) is 8.88. The number of hydrogen-bond acceptors (Lipinski definition) is 6. The zero-order valence-corrected chi connectivity index (χ0v) is 15.3. The van der Waals surface area contributed by atoms with Gasteiger partial charge in [-0.3, -0.25) is 9.69 Å². The molecule has 0 spiro atoms. The molecule has 2 heterocycles. The molecule has 1 amide bonds. The monoisotopic (exact) mass is 355 g/mol. The molecular formula is C19H25N5O2. The van der Waals surface area contributed by atoms with Crippen LogP contribution in [0.25, 0.3) is 0 Å². The van der Waals surface area contributed by atoms with E-state index in [2.05, 4.69) is 25.5 Å². The van der Waals surface area contributed by atoms with Crippen molar-refractivity contribution in [1.29, 1.82) is 0 Å². The van der Waals surface area contributed by atoms with Crippen molar-refractivity contribution >= 4 is 17.5 Å². The fourth-order valence-electron chi connectivity index (χ4n) is 2.75. The van der Waals surface area contributed by atoms with E-state index in [1.165, 1.54) is 5.56 Å². The number of ether oxygens (including phenoxy) is 1. The van der Waals surface area contributed by atoms with Crippen LogP contribution in [0.1, 0.15) is 21.7 Å². The number of anilines is 2. The summed E-state index contributed by atoms with van der Waals surface area (Å²) in [6.45, 7) is 8.62. The van der Waals surface area contributed by atoms with E-state index >= 15 is 0 Å². The zero-order valence-electron chi connectivity index (χ0n) is 15.3. The van der Waals surface area contributed by atoms with Gasteiger partial charge >= 0.3 is 0 Å². The summed E-state index contributed by atoms with van der Waals surface area (Å²) < 4.78 is 5.33. The van der Waals surface area contributed by atoms with Crippen molar-refractivity contribution in [2.45, 2.75) is 13.8 Å². The summed E-state index contributed by atoms with van der Waals surface area (Å²) in [5.74, 6) is 0.239. The standard InChI is InChI=1S/C19H25N5O2/c1-14-3-5-16(6-4-14)22-19-21-15(2)13-17(23-19)18(25)20-7-8-24-9-11-26-12-10-24/h3-6,13H,7-12H2,1-2H3,(H,20,25)(H,21,22,23). The van der Waals surface area contributed by atoms with E-state index < -0.39 is 0 Å². The van der Waals surface area contributed by atoms with Crippen LogP contribution in [0.5, 0.6) is 0 Å². The van der Waals surface area contributed by atoms with E-state index in [0.717, 1.165) is 44.2 Å². The second kappa shape index (κ2) is 8.73. The quantitative estimate of drug-likeness (QED) is 0.824. The molecule has 138 valence electrons. The normalized spacial score (nSPS) is 14.8. The smallest absolute Gasteiger partial charge is 0.270 e. The second-order valence-corrected chi connectivity index (χ2v) is 6.42. The summed E-state index contributed by atoms with van der Waals surface area (Å²) in [6, 6.07) is 9.64. The highest BCUT2D eigenvalue weighted by molar-refractivity contribution is 5.92. The molecule has 0 atom stereocenters. The molecule has 26 heavy (non-hydrogen) atoms. The number of amides is 1. The van der Waals surface area contributed by atoms with Gasteiger partial charge < -0.3 is 15.4 Å². The number of aromatic nitrogens is 2. The Hall–Kier alpha value is -2.51. The van der Waals surface area contributed by atoms with Gasteiger partial charge in [-0.15, -0.1) is 0 Å². The van der Waals surface area contributed by atoms with Gasteiger partial charge in [-0.2, -0.15) is 0 Å². The van der Waals surface area contributed by atoms with E-state index in [-0.39, 0.29) is 5.91 Å². The van der Waals surface area contributed by atoms with Gasteiger partial charge in [0.15, 0.2) is 0 Å². The average Bonchev–Trinajstić information content (AvgIpc) is 2.64. The van der Waals surface area contributed by atoms with Crippen LogP contribution in [0.15, 0.2) is 30.3 Å². The second-order valence-electron chi connectivity index (χ2n) is 6.42. The Morgan fingerprint density at radius 1 is 1.15 bits per heavy atom. The fourth-order valence-corrected chi connectivity index (χ4v) is 2.75. The van der Waals surface area contributed by atoms with Crippen molar-refractivity contribution in [2.75, 3.05) is 44.7 Å². The number of benzene rings is 1. The largest absolute Gasteiger partial charge is 0.379 e. The van der Waals surface area contributed by atoms with Crippen LogP contribution in [0.3, 0.4) is 0 Å². The Bertz CT molecular complexity index is 742. The number of morpholine rings is 1. The lowest BCUT2D eigenvalue weighted by molar-refractivity contribution is 0.0383. The predicted octanol–water partition coefficient (Wildman–Crippen LogP) is 1.90. The van der Waals surface area contributed by atoms with Crippen molar-refractivity contribution < 1.29 is 9.53 Å². The lowest BCUT2D eigenvalue weighted by Crippen LogP contribution is -2.41. The topological polar surface area (TPSA) is 79.4 Å². The van der Waals surface area contributed by atoms with Gasteiger partial charge in [0.1, 0.15) is 5.69 Å². The summed E-state index contributed by atoms with van der Waals surface area (Å²) in [5, 5.41) is 6.08. The van der Waals surface area contributed by atoms with Crippen molar-refractivity contribution in [1.82, 2.24) is 20.2 Å². The van der Waals surface area contributed by atoms with Gasteiger partial charge in [0.05, 0.1) is 13.2 Å². The molecule has 0 saturated carbocycles. The third-order valence-corrected chi connectivity index (χ3v) is 4.21. The van der Waals surface area contributed by atoms with Gasteiger partial charge in [0.25, 0.3) is 5.91 Å². The lowest BCUT2D eigenvalue weighted by Gasteiger charge is -2.26. The molecular weight excluding hydrogens is 330 g/mol. The maximum atomic E-state index is 12.4. The van der Waals surface area contributed by atoms with Crippen molar-refractivity contribution in [3.8, 4) is 0 Å². The highest BCUT2D eigenvalue weighted by Crippen LogP contribution is 2.14. The molecule has 7 heteroatoms. The molecule has 0 radical (unpaired) electrons. The average molecular weight is 355 g/mol. The Morgan fingerprint density at radius 2 is 1.88 bits per heavy atom. The number of hydrogen-bond donors (Lipinski definition) is 2. The molecule has 1 fully saturated rings. The summed E-state index contributed by atoms with van der Waals surface area (Å²) in [4.78, 5) is 23.4. The number of nitrogens with zero attached hydrogens (tertiary/aromatic N) is 3. The van der Waals surface area contributed by atoms with Crippen LogP contribution < -0.4 is 10.6 Å². The van der Waals surface area contributed by atoms with Crippen molar-refractivity contribution in [2.24, 2.45) is 0 Å². The van der Waals surface area contributed by atoms with E-state index in [1.807, 2.05) is 38.1 Å². The summed E-state index contributed by atoms with van der Waals surface area (Å²) in [7, 11) is 0. The Balaban J connectivity index is 1.58. The predicted molar refractivity (Wildman–Crippen MR) is 101 cm³/mol. The van der Waals surface area contributed by atoms with E-state index in [1.54, 1.807) is 6.07 Å². The molecule has 0 aliphatic carbocycles. The summed E-state index contributed by atoms with van der Waals surface area (Å²) in [6.07, 6.45) is 0. The van der Waals surface area contributed by atoms with Gasteiger partial charge in [-0.05, 0) is 32.0 Å². The van der Waals surface area contributed by atoms with Crippen molar-refractivity contribution in [3.05, 3.63) is 47.3 Å². The Morgan fingerprint density at radius 3 is 2.62 bits per heavy atom. The molecule has 1 aliphatic rings. The first-order valence-electron chi connectivity index (χ1n) is 8.88. The zero-order chi connectivity index (χ0) is 18.4. The van der Waals surface area contributed by atoms with Crippen molar-refractivity contribution in [3.63, 3.8) is 0 Å². The SMILES string of the molecule is Cc1ccc(Nc2nc(C)cc(C(=O)NCCN3CCOCC3)n2)cc1. The van der Waals surface area contributed by atoms with Crippen LogP contribution in [0, 0.1) is 13.8 Å². The van der Waals surface area contributed by atoms with Crippen LogP contribution >= 0.6 is 0 Å². The molecule has 7 nitrogen and oxygen atoms in total. The fraction of sp³-hybridized carbons (Fsp3) is 0.421. The maximum Gasteiger partial charge on any atom is 0.270 e. The molecule has 0 unspecified atom stereocenters. The van der Waals surface area contributed by atoms with E-state index in [0.29, 0.717) is 18.2 Å². The number of carbonyl (C=O) groups excluding carboxylic acids is 1. The highest BCUT2D eigenvalue weighted by Gasteiger charge is 2.13. The Kier molecular flexibility index (Phi) is 6.14. The Labute approximate surface area is 153 Å². The van der Waals surface area contributed by atoms with Gasteiger partial charge in [0, 0.05) is 37.6 Å². The first-order chi connectivity index (χ1) is 12.6. The van der Waals surface area contributed by atoms with Crippen LogP contribution in [-0.2, 0) is 4.74 Å². The maximum absolute atomic E-state index is 12.4. The summed E-state index contributed by atoms with van der Waals surface area (Å²) in [5.41, 5.74) is 3.18. The number of aryl methyl sites for hydroxylation is 2. The minimum atomic E-state index is -0.185. The van der Waals surface area contributed by atoms with Gasteiger partial charge in [-0.25, -0.2) is 9.97 Å². The van der Waals surface area contributed by atoms with Crippen LogP contribution in [0.2, 0.25) is 0 Å². The number of nitrogens with one attached hydrogen (secondary N) is 2. The van der Waals surface area contributed by atoms with Crippen LogP contribution in [0.4, 0.5) is 11.6 Å². The molecule has 1 saturated heterocycles. The van der Waals surface area contributed by atoms with E-state index in [9.17, 15) is 4.79 Å². The van der Waals surface area contributed by atoms with Gasteiger partial charge in [0.2, 0.25) is 5.95 Å². The third kappa shape index (κ3) is 5.24. The minimum Gasteiger partial charge on any atom is -0.379 e. The number of rotatable bonds is 6. The molecule has 1 aromatic carbocycles. The lowest BCUT2D eigenvalue weighted by atomic mass is 10.2. The van der Waals surface area contributed by atoms with E-state index in [4.69, 9.17) is 4.74 Å². The summed E-state index contributed by atoms with van der Waals surface area (Å²) >= 11 is 0. The van der Waals surface area contributed by atoms with Gasteiger partial charge in [-0.1, -0.05) is 17.7 Å². The highest BCUT2D eigenvalue weighted by atomic mass is 16.5. The molecule has 2 aromatic rings. The molecule has 3 rings (SSSR count). The molecule has 0 bridgehead atoms. The third-order valence-electron chi connectivity index (χ3n) is 4.21. The molecule has 1 aromatic heterocycles.